The van der Waals surface area contributed by atoms with Gasteiger partial charge in [-0.2, -0.15) is 18.3 Å². The maximum Gasteiger partial charge on any atom is 0.435 e. The van der Waals surface area contributed by atoms with Crippen LogP contribution in [0.2, 0.25) is 0 Å². The Morgan fingerprint density at radius 1 is 1.34 bits per heavy atom. The van der Waals surface area contributed by atoms with Crippen LogP contribution in [0.1, 0.15) is 44.5 Å². The molecule has 0 aliphatic carbocycles. The molecule has 1 unspecified atom stereocenters. The summed E-state index contributed by atoms with van der Waals surface area (Å²) in [7, 11) is 0. The van der Waals surface area contributed by atoms with Gasteiger partial charge < -0.3 is 5.32 Å². The van der Waals surface area contributed by atoms with Gasteiger partial charge in [-0.15, -0.1) is 0 Å². The molecule has 2 aromatic rings. The molecule has 0 bridgehead atoms. The average molecular weight is 404 g/mol. The Hall–Kier alpha value is -3.16. The van der Waals surface area contributed by atoms with E-state index in [1.54, 1.807) is 37.3 Å². The number of rotatable bonds is 7. The van der Waals surface area contributed by atoms with Gasteiger partial charge in [0, 0.05) is 23.8 Å². The number of allylic oxidation sites excluding steroid dienone is 1. The van der Waals surface area contributed by atoms with Gasteiger partial charge in [0.05, 0.1) is 11.3 Å². The lowest BCUT2D eigenvalue weighted by molar-refractivity contribution is -0.141. The molecule has 1 amide bonds. The monoisotopic (exact) mass is 404 g/mol. The van der Waals surface area contributed by atoms with Crippen molar-refractivity contribution in [2.24, 2.45) is 4.99 Å². The number of halogens is 3. The molecular weight excluding hydrogens is 381 g/mol. The largest absolute Gasteiger partial charge is 0.435 e. The van der Waals surface area contributed by atoms with Crippen LogP contribution in [0.25, 0.3) is 5.69 Å². The molecule has 0 radical (unpaired) electrons. The number of anilines is 1. The number of hydrogen-bond donors (Lipinski definition) is 1. The maximum atomic E-state index is 13.1. The molecule has 1 N–H and O–H groups in total. The fraction of sp³-hybridized carbons (Fsp3) is 0.286. The number of carbonyl (C=O) groups is 1. The molecule has 154 valence electrons. The summed E-state index contributed by atoms with van der Waals surface area (Å²) in [6, 6.07) is 7.53. The molecule has 1 aromatic heterocycles. The maximum absolute atomic E-state index is 13.1. The second-order valence-corrected chi connectivity index (χ2v) is 6.38. The highest BCUT2D eigenvalue weighted by atomic mass is 19.4. The summed E-state index contributed by atoms with van der Waals surface area (Å²) in [6.07, 6.45) is 0.474. The molecule has 2 rings (SSSR count). The van der Waals surface area contributed by atoms with Crippen molar-refractivity contribution in [2.75, 3.05) is 5.32 Å². The van der Waals surface area contributed by atoms with Crippen molar-refractivity contribution in [2.45, 2.75) is 39.3 Å². The number of carbonyl (C=O) groups excluding carboxylic acids is 1. The van der Waals surface area contributed by atoms with E-state index in [9.17, 15) is 18.0 Å². The van der Waals surface area contributed by atoms with E-state index in [-0.39, 0.29) is 11.8 Å². The molecule has 0 fully saturated rings. The second-order valence-electron chi connectivity index (χ2n) is 6.38. The van der Waals surface area contributed by atoms with E-state index in [0.29, 0.717) is 29.1 Å². The number of alkyl halides is 3. The first-order chi connectivity index (χ1) is 13.7. The van der Waals surface area contributed by atoms with Crippen molar-refractivity contribution in [1.82, 2.24) is 9.78 Å². The van der Waals surface area contributed by atoms with E-state index in [4.69, 9.17) is 0 Å². The minimum atomic E-state index is -4.52. The minimum Gasteiger partial charge on any atom is -0.322 e. The van der Waals surface area contributed by atoms with Gasteiger partial charge in [-0.1, -0.05) is 26.5 Å². The van der Waals surface area contributed by atoms with Gasteiger partial charge in [-0.3, -0.25) is 9.79 Å². The normalized spacial score (nSPS) is 13.5. The van der Waals surface area contributed by atoms with E-state index in [1.807, 2.05) is 13.8 Å². The van der Waals surface area contributed by atoms with E-state index >= 15 is 0 Å². The molecule has 0 saturated heterocycles. The van der Waals surface area contributed by atoms with E-state index in [2.05, 4.69) is 22.0 Å². The lowest BCUT2D eigenvalue weighted by Crippen LogP contribution is -2.15. The van der Waals surface area contributed by atoms with Crippen LogP contribution in [0.4, 0.5) is 18.9 Å². The van der Waals surface area contributed by atoms with Crippen LogP contribution in [-0.2, 0) is 11.0 Å². The molecule has 8 heteroatoms. The van der Waals surface area contributed by atoms with E-state index in [1.165, 1.54) is 17.1 Å². The zero-order valence-electron chi connectivity index (χ0n) is 16.5. The smallest absolute Gasteiger partial charge is 0.322 e. The van der Waals surface area contributed by atoms with Crippen molar-refractivity contribution in [3.8, 4) is 5.69 Å². The zero-order valence-corrected chi connectivity index (χ0v) is 16.5. The Morgan fingerprint density at radius 3 is 2.52 bits per heavy atom. The average Bonchev–Trinajstić information content (AvgIpc) is 3.14. The SMILES string of the molecule is C=CN=C/C(=C\C)C(=O)Nc1ccc(-n2nc(C(F)(F)F)cc2C(C)CC)cc1. The van der Waals surface area contributed by atoms with Crippen LogP contribution in [0.3, 0.4) is 0 Å². The highest BCUT2D eigenvalue weighted by Gasteiger charge is 2.35. The van der Waals surface area contributed by atoms with E-state index < -0.39 is 11.9 Å². The Morgan fingerprint density at radius 2 is 2.00 bits per heavy atom. The number of aliphatic imine (C=N–C) groups is 1. The van der Waals surface area contributed by atoms with Gasteiger partial charge in [0.1, 0.15) is 0 Å². The van der Waals surface area contributed by atoms with E-state index in [0.717, 1.165) is 6.07 Å². The van der Waals surface area contributed by atoms with Gasteiger partial charge in [0.25, 0.3) is 5.91 Å². The Labute approximate surface area is 167 Å². The molecular formula is C21H23F3N4O. The van der Waals surface area contributed by atoms with Crippen molar-refractivity contribution >= 4 is 17.8 Å². The molecule has 0 saturated carbocycles. The van der Waals surface area contributed by atoms with Crippen LogP contribution in [0, 0.1) is 0 Å². The fourth-order valence-corrected chi connectivity index (χ4v) is 2.59. The molecule has 1 heterocycles. The lowest BCUT2D eigenvalue weighted by atomic mass is 10.0. The van der Waals surface area contributed by atoms with Gasteiger partial charge in [0.2, 0.25) is 0 Å². The van der Waals surface area contributed by atoms with Crippen molar-refractivity contribution in [3.63, 3.8) is 0 Å². The highest BCUT2D eigenvalue weighted by Crippen LogP contribution is 2.32. The van der Waals surface area contributed by atoms with Crippen molar-refractivity contribution in [3.05, 3.63) is 66.1 Å². The molecule has 0 aliphatic rings. The summed E-state index contributed by atoms with van der Waals surface area (Å²) in [5.74, 6) is -0.455. The molecule has 29 heavy (non-hydrogen) atoms. The molecule has 0 spiro atoms. The summed E-state index contributed by atoms with van der Waals surface area (Å²) >= 11 is 0. The summed E-state index contributed by atoms with van der Waals surface area (Å²) in [6.45, 7) is 8.92. The summed E-state index contributed by atoms with van der Waals surface area (Å²) in [5, 5.41) is 6.47. The third-order valence-electron chi connectivity index (χ3n) is 4.41. The van der Waals surface area contributed by atoms with Crippen LogP contribution >= 0.6 is 0 Å². The molecule has 1 aromatic carbocycles. The predicted molar refractivity (Wildman–Crippen MR) is 108 cm³/mol. The standard InChI is InChI=1S/C21H23F3N4O/c1-5-14(4)18-12-19(21(22,23)24)27-28(18)17-10-8-16(9-11-17)26-20(29)15(6-2)13-25-7-3/h6-14H,3,5H2,1-2,4H3,(H,26,29)/b15-6+,25-13?. The first kappa shape index (κ1) is 22.1. The zero-order chi connectivity index (χ0) is 21.6. The first-order valence-corrected chi connectivity index (χ1v) is 9.10. The molecule has 1 atom stereocenters. The number of amides is 1. The fourth-order valence-electron chi connectivity index (χ4n) is 2.59. The second kappa shape index (κ2) is 9.36. The minimum absolute atomic E-state index is 0.0978. The number of nitrogens with one attached hydrogen (secondary N) is 1. The van der Waals surface area contributed by atoms with Gasteiger partial charge in [0.15, 0.2) is 5.69 Å². The number of aromatic nitrogens is 2. The van der Waals surface area contributed by atoms with Gasteiger partial charge in [-0.25, -0.2) is 4.68 Å². The van der Waals surface area contributed by atoms with Crippen LogP contribution < -0.4 is 5.32 Å². The van der Waals surface area contributed by atoms with Crippen molar-refractivity contribution < 1.29 is 18.0 Å². The number of hydrogen-bond acceptors (Lipinski definition) is 3. The summed E-state index contributed by atoms with van der Waals surface area (Å²) in [4.78, 5) is 16.1. The Kier molecular flexibility index (Phi) is 7.14. The topological polar surface area (TPSA) is 59.3 Å². The quantitative estimate of drug-likeness (QED) is 0.489. The number of nitrogens with zero attached hydrogens (tertiary/aromatic N) is 3. The predicted octanol–water partition coefficient (Wildman–Crippen LogP) is 5.50. The summed E-state index contributed by atoms with van der Waals surface area (Å²) in [5.41, 5.74) is 0.888. The Bertz CT molecular complexity index is 924. The van der Waals surface area contributed by atoms with Crippen molar-refractivity contribution in [1.29, 1.82) is 0 Å². The van der Waals surface area contributed by atoms with Crippen LogP contribution in [0.15, 0.2) is 59.8 Å². The molecule has 0 aliphatic heterocycles. The van der Waals surface area contributed by atoms with Gasteiger partial charge >= 0.3 is 6.18 Å². The highest BCUT2D eigenvalue weighted by molar-refractivity contribution is 6.17. The summed E-state index contributed by atoms with van der Waals surface area (Å²) < 4.78 is 40.7. The third-order valence-corrected chi connectivity index (χ3v) is 4.41. The lowest BCUT2D eigenvalue weighted by Gasteiger charge is -2.13. The molecule has 5 nitrogen and oxygen atoms in total. The Balaban J connectivity index is 2.30. The van der Waals surface area contributed by atoms with Crippen LogP contribution in [-0.4, -0.2) is 21.9 Å². The number of benzene rings is 1. The third kappa shape index (κ3) is 5.43. The van der Waals surface area contributed by atoms with Crippen LogP contribution in [0.5, 0.6) is 0 Å². The van der Waals surface area contributed by atoms with Gasteiger partial charge in [-0.05, 0) is 49.6 Å². The first-order valence-electron chi connectivity index (χ1n) is 9.10.